The number of rotatable bonds is 6. The normalized spacial score (nSPS) is 10.3. The molecule has 1 rings (SSSR count). The lowest BCUT2D eigenvalue weighted by Gasteiger charge is -2.12. The fraction of sp³-hybridized carbons (Fsp3) is 0.231. The van der Waals surface area contributed by atoms with Gasteiger partial charge in [-0.15, -0.1) is 0 Å². The summed E-state index contributed by atoms with van der Waals surface area (Å²) >= 11 is 5.96. The third-order valence-corrected chi connectivity index (χ3v) is 2.61. The summed E-state index contributed by atoms with van der Waals surface area (Å²) in [5.41, 5.74) is 0.382. The number of anilines is 1. The number of benzene rings is 1. The van der Waals surface area contributed by atoms with Crippen LogP contribution in [0.25, 0.3) is 0 Å². The molecule has 0 fully saturated rings. The van der Waals surface area contributed by atoms with Crippen LogP contribution in [0.3, 0.4) is 0 Å². The summed E-state index contributed by atoms with van der Waals surface area (Å²) in [4.78, 5) is 21.9. The maximum absolute atomic E-state index is 11.6. The molecule has 0 unspecified atom stereocenters. The predicted octanol–water partition coefficient (Wildman–Crippen LogP) is 2.33. The number of carboxylic acid groups (broad SMARTS) is 1. The van der Waals surface area contributed by atoms with Crippen molar-refractivity contribution < 1.29 is 24.2 Å². The summed E-state index contributed by atoms with van der Waals surface area (Å²) in [7, 11) is 2.91. The molecule has 0 radical (unpaired) electrons. The van der Waals surface area contributed by atoms with Crippen LogP contribution in [0.5, 0.6) is 11.5 Å². The van der Waals surface area contributed by atoms with Crippen molar-refractivity contribution in [3.8, 4) is 11.5 Å². The molecule has 0 aliphatic rings. The van der Waals surface area contributed by atoms with Crippen LogP contribution in [-0.2, 0) is 9.59 Å². The van der Waals surface area contributed by atoms with Crippen LogP contribution in [-0.4, -0.2) is 31.2 Å². The molecule has 0 saturated heterocycles. The molecule has 1 aromatic carbocycles. The molecule has 0 saturated carbocycles. The summed E-state index contributed by atoms with van der Waals surface area (Å²) < 4.78 is 10.2. The average Bonchev–Trinajstić information content (AvgIpc) is 2.38. The van der Waals surface area contributed by atoms with Crippen LogP contribution in [0.1, 0.15) is 6.42 Å². The number of amides is 1. The molecule has 0 bridgehead atoms. The number of halogens is 1. The van der Waals surface area contributed by atoms with E-state index in [1.807, 2.05) is 0 Å². The number of methoxy groups -OCH3 is 2. The van der Waals surface area contributed by atoms with E-state index >= 15 is 0 Å². The molecular formula is C13H14ClNO5. The van der Waals surface area contributed by atoms with Gasteiger partial charge in [0.25, 0.3) is 0 Å². The number of nitrogens with one attached hydrogen (secondary N) is 1. The number of carbonyl (C=O) groups is 2. The lowest BCUT2D eigenvalue weighted by molar-refractivity contribution is -0.131. The summed E-state index contributed by atoms with van der Waals surface area (Å²) in [6.45, 7) is 0. The van der Waals surface area contributed by atoms with Gasteiger partial charge in [0, 0.05) is 18.6 Å². The van der Waals surface area contributed by atoms with Crippen molar-refractivity contribution in [3.05, 3.63) is 29.3 Å². The zero-order valence-corrected chi connectivity index (χ0v) is 11.7. The van der Waals surface area contributed by atoms with E-state index in [4.69, 9.17) is 26.2 Å². The van der Waals surface area contributed by atoms with Gasteiger partial charge in [0.15, 0.2) is 0 Å². The van der Waals surface area contributed by atoms with Gasteiger partial charge in [-0.1, -0.05) is 17.7 Å². The molecule has 0 aliphatic heterocycles. The highest BCUT2D eigenvalue weighted by Gasteiger charge is 2.11. The van der Waals surface area contributed by atoms with E-state index in [0.717, 1.165) is 6.08 Å². The number of carboxylic acids is 1. The first-order valence-corrected chi connectivity index (χ1v) is 5.96. The second-order valence-corrected chi connectivity index (χ2v) is 4.09. The largest absolute Gasteiger partial charge is 0.495 e. The van der Waals surface area contributed by atoms with Crippen LogP contribution in [0.2, 0.25) is 5.02 Å². The molecule has 0 aromatic heterocycles. The van der Waals surface area contributed by atoms with Gasteiger partial charge in [0.2, 0.25) is 5.91 Å². The highest BCUT2D eigenvalue weighted by Crippen LogP contribution is 2.35. The molecule has 6 nitrogen and oxygen atoms in total. The molecule has 0 atom stereocenters. The van der Waals surface area contributed by atoms with Crippen molar-refractivity contribution in [2.75, 3.05) is 19.5 Å². The molecule has 0 heterocycles. The van der Waals surface area contributed by atoms with Gasteiger partial charge in [-0.2, -0.15) is 0 Å². The minimum Gasteiger partial charge on any atom is -0.495 e. The van der Waals surface area contributed by atoms with Gasteiger partial charge in [-0.05, 0) is 6.07 Å². The van der Waals surface area contributed by atoms with Crippen molar-refractivity contribution in [2.24, 2.45) is 0 Å². The van der Waals surface area contributed by atoms with Gasteiger partial charge >= 0.3 is 5.97 Å². The Morgan fingerprint density at radius 2 is 1.95 bits per heavy atom. The molecular weight excluding hydrogens is 286 g/mol. The summed E-state index contributed by atoms with van der Waals surface area (Å²) in [5.74, 6) is -0.681. The summed E-state index contributed by atoms with van der Waals surface area (Å²) in [6.07, 6.45) is 2.08. The Balaban J connectivity index is 2.83. The Morgan fingerprint density at radius 1 is 1.30 bits per heavy atom. The number of ether oxygens (including phenoxy) is 2. The predicted molar refractivity (Wildman–Crippen MR) is 74.6 cm³/mol. The van der Waals surface area contributed by atoms with Crippen molar-refractivity contribution in [2.45, 2.75) is 6.42 Å². The summed E-state index contributed by atoms with van der Waals surface area (Å²) in [5, 5.41) is 11.3. The van der Waals surface area contributed by atoms with Gasteiger partial charge in [-0.25, -0.2) is 4.79 Å². The number of carbonyl (C=O) groups excluding carboxylic acids is 1. The maximum Gasteiger partial charge on any atom is 0.327 e. The highest BCUT2D eigenvalue weighted by molar-refractivity contribution is 6.32. The molecule has 2 N–H and O–H groups in total. The number of hydrogen-bond donors (Lipinski definition) is 2. The summed E-state index contributed by atoms with van der Waals surface area (Å²) in [6, 6.07) is 3.04. The Bertz CT molecular complexity index is 542. The molecule has 1 amide bonds. The van der Waals surface area contributed by atoms with Crippen molar-refractivity contribution in [1.29, 1.82) is 0 Å². The van der Waals surface area contributed by atoms with Crippen LogP contribution < -0.4 is 14.8 Å². The number of hydrogen-bond acceptors (Lipinski definition) is 4. The van der Waals surface area contributed by atoms with E-state index in [1.54, 1.807) is 6.07 Å². The minimum atomic E-state index is -1.11. The van der Waals surface area contributed by atoms with Crippen LogP contribution in [0.15, 0.2) is 24.3 Å². The Hall–Kier alpha value is -2.21. The van der Waals surface area contributed by atoms with Gasteiger partial charge in [-0.3, -0.25) is 4.79 Å². The maximum atomic E-state index is 11.6. The van der Waals surface area contributed by atoms with Gasteiger partial charge < -0.3 is 19.9 Å². The standard InChI is InChI=1S/C13H14ClNO5/c1-19-10-7-11(20-2)9(6-8(10)14)15-12(16)4-3-5-13(17)18/h3,5-7H,4H2,1-2H3,(H,15,16)(H,17,18)/b5-3+. The van der Waals surface area contributed by atoms with E-state index in [0.29, 0.717) is 22.2 Å². The van der Waals surface area contributed by atoms with E-state index < -0.39 is 5.97 Å². The minimum absolute atomic E-state index is 0.0703. The fourth-order valence-corrected chi connectivity index (χ4v) is 1.67. The molecule has 7 heteroatoms. The second-order valence-electron chi connectivity index (χ2n) is 3.68. The van der Waals surface area contributed by atoms with E-state index in [9.17, 15) is 9.59 Å². The van der Waals surface area contributed by atoms with Crippen LogP contribution in [0.4, 0.5) is 5.69 Å². The lowest BCUT2D eigenvalue weighted by Crippen LogP contribution is -2.11. The molecule has 0 spiro atoms. The monoisotopic (exact) mass is 299 g/mol. The topological polar surface area (TPSA) is 84.9 Å². The zero-order valence-electron chi connectivity index (χ0n) is 11.0. The highest BCUT2D eigenvalue weighted by atomic mass is 35.5. The third-order valence-electron chi connectivity index (χ3n) is 2.31. The first-order valence-electron chi connectivity index (χ1n) is 5.58. The zero-order chi connectivity index (χ0) is 15.1. The Kier molecular flexibility index (Phi) is 5.86. The van der Waals surface area contributed by atoms with Gasteiger partial charge in [0.1, 0.15) is 11.5 Å². The first-order chi connectivity index (χ1) is 9.47. The quantitative estimate of drug-likeness (QED) is 0.788. The second kappa shape index (κ2) is 7.40. The Labute approximate surface area is 120 Å². The van der Waals surface area contributed by atoms with Crippen molar-refractivity contribution in [3.63, 3.8) is 0 Å². The Morgan fingerprint density at radius 3 is 2.50 bits per heavy atom. The van der Waals surface area contributed by atoms with Gasteiger partial charge in [0.05, 0.1) is 24.9 Å². The SMILES string of the molecule is COc1cc(OC)c(NC(=O)C/C=C/C(=O)O)cc1Cl. The molecule has 0 aliphatic carbocycles. The average molecular weight is 300 g/mol. The molecule has 1 aromatic rings. The van der Waals surface area contributed by atoms with Crippen molar-refractivity contribution in [1.82, 2.24) is 0 Å². The third kappa shape index (κ3) is 4.47. The van der Waals surface area contributed by atoms with Crippen LogP contribution >= 0.6 is 11.6 Å². The first kappa shape index (κ1) is 15.8. The lowest BCUT2D eigenvalue weighted by atomic mass is 10.2. The van der Waals surface area contributed by atoms with E-state index in [1.165, 1.54) is 26.4 Å². The molecule has 108 valence electrons. The molecule has 20 heavy (non-hydrogen) atoms. The van der Waals surface area contributed by atoms with Crippen LogP contribution in [0, 0.1) is 0 Å². The van der Waals surface area contributed by atoms with E-state index in [2.05, 4.69) is 5.32 Å². The van der Waals surface area contributed by atoms with Crippen molar-refractivity contribution >= 4 is 29.2 Å². The smallest absolute Gasteiger partial charge is 0.327 e. The number of aliphatic carboxylic acids is 1. The van der Waals surface area contributed by atoms with E-state index in [-0.39, 0.29) is 12.3 Å². The fourth-order valence-electron chi connectivity index (χ4n) is 1.43.